The van der Waals surface area contributed by atoms with Crippen LogP contribution in [0.4, 0.5) is 14.7 Å². The van der Waals surface area contributed by atoms with Crippen LogP contribution in [-0.2, 0) is 6.54 Å². The van der Waals surface area contributed by atoms with Gasteiger partial charge >= 0.3 is 4.87 Å². The molecule has 14 heteroatoms. The highest BCUT2D eigenvalue weighted by Gasteiger charge is 2.29. The van der Waals surface area contributed by atoms with Gasteiger partial charge in [0.2, 0.25) is 11.8 Å². The van der Waals surface area contributed by atoms with Crippen LogP contribution in [0.5, 0.6) is 5.75 Å². The second-order valence-corrected chi connectivity index (χ2v) is 11.4. The molecule has 0 radical (unpaired) electrons. The molecule has 6 heterocycles. The minimum Gasteiger partial charge on any atom is -0.486 e. The maximum absolute atomic E-state index is 15.0. The van der Waals surface area contributed by atoms with Crippen molar-refractivity contribution in [2.24, 2.45) is 0 Å². The highest BCUT2D eigenvalue weighted by Crippen LogP contribution is 2.32. The first-order valence-corrected chi connectivity index (χ1v) is 14.4. The van der Waals surface area contributed by atoms with Crippen LogP contribution in [0.15, 0.2) is 45.8 Å². The fraction of sp³-hybridized carbons (Fsp3) is 0.407. The van der Waals surface area contributed by atoms with E-state index in [1.807, 2.05) is 0 Å². The number of anilines is 1. The van der Waals surface area contributed by atoms with E-state index in [0.717, 1.165) is 37.3 Å². The molecule has 0 bridgehead atoms. The first kappa shape index (κ1) is 26.0. The molecular weight excluding hydrogens is 554 g/mol. The number of benzene rings is 1. The lowest BCUT2D eigenvalue weighted by atomic mass is 9.89. The van der Waals surface area contributed by atoms with E-state index in [9.17, 15) is 13.6 Å². The van der Waals surface area contributed by atoms with Crippen LogP contribution in [0.3, 0.4) is 0 Å². The predicted molar refractivity (Wildman–Crippen MR) is 150 cm³/mol. The highest BCUT2D eigenvalue weighted by atomic mass is 32.1. The first-order valence-electron chi connectivity index (χ1n) is 13.6. The molecule has 41 heavy (non-hydrogen) atoms. The zero-order valence-corrected chi connectivity index (χ0v) is 22.8. The Morgan fingerprint density at radius 2 is 2.00 bits per heavy atom. The van der Waals surface area contributed by atoms with Crippen molar-refractivity contribution in [3.8, 4) is 17.3 Å². The number of piperidine rings is 1. The molecule has 2 aliphatic heterocycles. The van der Waals surface area contributed by atoms with Crippen molar-refractivity contribution in [3.05, 3.63) is 57.6 Å². The number of ether oxygens (including phenoxy) is 1. The molecule has 214 valence electrons. The van der Waals surface area contributed by atoms with Gasteiger partial charge in [-0.25, -0.2) is 13.8 Å². The Bertz CT molecular complexity index is 1760. The molecule has 4 aromatic heterocycles. The summed E-state index contributed by atoms with van der Waals surface area (Å²) >= 11 is 1.07. The smallest absolute Gasteiger partial charge is 0.309 e. The number of hydrogen-bond acceptors (Lipinski definition) is 10. The number of nitrogen functional groups attached to an aromatic ring is 1. The number of nitrogens with two attached hydrogens (primary N) is 1. The summed E-state index contributed by atoms with van der Waals surface area (Å²) in [5.74, 6) is 1.10. The van der Waals surface area contributed by atoms with Gasteiger partial charge in [0.1, 0.15) is 22.4 Å². The molecule has 2 saturated heterocycles. The van der Waals surface area contributed by atoms with Crippen molar-refractivity contribution in [1.82, 2.24) is 34.4 Å². The third kappa shape index (κ3) is 4.85. The average molecular weight is 583 g/mol. The number of thiazole rings is 1. The summed E-state index contributed by atoms with van der Waals surface area (Å²) in [4.78, 5) is 24.1. The Morgan fingerprint density at radius 1 is 1.15 bits per heavy atom. The number of furan rings is 1. The number of fused-ring (bicyclic) bond motifs is 3. The van der Waals surface area contributed by atoms with Crippen LogP contribution in [-0.4, -0.2) is 74.0 Å². The molecule has 7 rings (SSSR count). The Kier molecular flexibility index (Phi) is 6.67. The molecule has 1 aromatic carbocycles. The van der Waals surface area contributed by atoms with Crippen LogP contribution in [0.1, 0.15) is 24.3 Å². The molecule has 0 aliphatic carbocycles. The van der Waals surface area contributed by atoms with Crippen LogP contribution >= 0.6 is 11.3 Å². The summed E-state index contributed by atoms with van der Waals surface area (Å²) in [6, 6.07) is 8.35. The Morgan fingerprint density at radius 3 is 2.73 bits per heavy atom. The maximum Gasteiger partial charge on any atom is 0.309 e. The third-order valence-corrected chi connectivity index (χ3v) is 8.84. The van der Waals surface area contributed by atoms with Crippen molar-refractivity contribution in [2.75, 3.05) is 38.5 Å². The minimum atomic E-state index is -1.10. The zero-order chi connectivity index (χ0) is 28.1. The normalized spacial score (nSPS) is 20.4. The van der Waals surface area contributed by atoms with Crippen molar-refractivity contribution in [2.45, 2.75) is 37.6 Å². The standard InChI is InChI=1S/C27H28F2N8O3S/c28-18-12-16(40-21-14-31-13-19(21)29)3-4-17(18)15-5-7-35(8-6-15)9-10-36-24-22(41-27(36)38)25-32-23(20-2-1-11-39-20)34-37(25)26(30)33-24/h1-4,11-12,15,19,21,31H,5-10,13-14H2,(H2,30,33)/t19-,21-/m0/s1. The highest BCUT2D eigenvalue weighted by molar-refractivity contribution is 7.17. The lowest BCUT2D eigenvalue weighted by Gasteiger charge is -2.32. The van der Waals surface area contributed by atoms with Gasteiger partial charge in [0.15, 0.2) is 23.2 Å². The van der Waals surface area contributed by atoms with E-state index >= 15 is 0 Å². The van der Waals surface area contributed by atoms with Gasteiger partial charge in [-0.15, -0.1) is 5.10 Å². The van der Waals surface area contributed by atoms with Gasteiger partial charge in [0.05, 0.1) is 6.26 Å². The first-order chi connectivity index (χ1) is 19.9. The molecular formula is C27H28F2N8O3S. The van der Waals surface area contributed by atoms with Crippen molar-refractivity contribution in [1.29, 1.82) is 0 Å². The van der Waals surface area contributed by atoms with Gasteiger partial charge in [-0.05, 0) is 55.6 Å². The van der Waals surface area contributed by atoms with Crippen molar-refractivity contribution >= 4 is 33.3 Å². The van der Waals surface area contributed by atoms with E-state index in [1.165, 1.54) is 16.8 Å². The van der Waals surface area contributed by atoms with Gasteiger partial charge in [0, 0.05) is 32.2 Å². The molecule has 0 spiro atoms. The summed E-state index contributed by atoms with van der Waals surface area (Å²) < 4.78 is 43.5. The molecule has 2 aliphatic rings. The topological polar surface area (TPSA) is 129 Å². The third-order valence-electron chi connectivity index (χ3n) is 7.87. The Labute approximate surface area is 236 Å². The second-order valence-electron chi connectivity index (χ2n) is 10.4. The second kappa shape index (κ2) is 10.5. The van der Waals surface area contributed by atoms with E-state index in [0.29, 0.717) is 58.5 Å². The monoisotopic (exact) mass is 582 g/mol. The van der Waals surface area contributed by atoms with Crippen LogP contribution < -0.4 is 20.7 Å². The minimum absolute atomic E-state index is 0.0816. The van der Waals surface area contributed by atoms with Gasteiger partial charge in [-0.2, -0.15) is 9.50 Å². The number of rotatable bonds is 7. The summed E-state index contributed by atoms with van der Waals surface area (Å²) in [7, 11) is 0. The molecule has 5 aromatic rings. The largest absolute Gasteiger partial charge is 0.486 e. The van der Waals surface area contributed by atoms with Crippen LogP contribution in [0.2, 0.25) is 0 Å². The Hall–Kier alpha value is -3.88. The summed E-state index contributed by atoms with van der Waals surface area (Å²) in [6.45, 7) is 3.30. The van der Waals surface area contributed by atoms with Crippen molar-refractivity contribution < 1.29 is 17.9 Å². The quantitative estimate of drug-likeness (QED) is 0.298. The molecule has 2 fully saturated rings. The van der Waals surface area contributed by atoms with E-state index in [4.69, 9.17) is 14.9 Å². The van der Waals surface area contributed by atoms with Gasteiger partial charge in [-0.3, -0.25) is 9.36 Å². The summed E-state index contributed by atoms with van der Waals surface area (Å²) in [6.07, 6.45) is 1.43. The maximum atomic E-state index is 15.0. The van der Waals surface area contributed by atoms with Crippen LogP contribution in [0, 0.1) is 5.82 Å². The average Bonchev–Trinajstić information content (AvgIpc) is 3.76. The number of alkyl halides is 1. The fourth-order valence-electron chi connectivity index (χ4n) is 5.67. The van der Waals surface area contributed by atoms with E-state index in [1.54, 1.807) is 28.8 Å². The lowest BCUT2D eigenvalue weighted by molar-refractivity contribution is 0.139. The number of nitrogens with one attached hydrogen (secondary N) is 1. The SMILES string of the molecule is Nc1nc2c(sc(=O)n2CCN2CCC(c3ccc(O[C@H]4CNC[C@@H]4F)cc3F)CC2)c2nc(-c3ccco3)nn12. The predicted octanol–water partition coefficient (Wildman–Crippen LogP) is 3.05. The van der Waals surface area contributed by atoms with Crippen LogP contribution in [0.25, 0.3) is 27.6 Å². The molecule has 0 saturated carbocycles. The van der Waals surface area contributed by atoms with E-state index in [-0.39, 0.29) is 29.1 Å². The fourth-order valence-corrected chi connectivity index (χ4v) is 6.60. The number of hydrogen-bond donors (Lipinski definition) is 2. The molecule has 0 amide bonds. The number of aromatic nitrogens is 5. The number of nitrogens with zero attached hydrogens (tertiary/aromatic N) is 6. The van der Waals surface area contributed by atoms with E-state index < -0.39 is 12.3 Å². The molecule has 2 atom stereocenters. The molecule has 11 nitrogen and oxygen atoms in total. The summed E-state index contributed by atoms with van der Waals surface area (Å²) in [5.41, 5.74) is 7.78. The van der Waals surface area contributed by atoms with E-state index in [2.05, 4.69) is 25.3 Å². The van der Waals surface area contributed by atoms with Crippen molar-refractivity contribution in [3.63, 3.8) is 0 Å². The van der Waals surface area contributed by atoms with Gasteiger partial charge < -0.3 is 25.1 Å². The summed E-state index contributed by atoms with van der Waals surface area (Å²) in [5, 5.41) is 7.33. The lowest BCUT2D eigenvalue weighted by Crippen LogP contribution is -2.36. The number of likely N-dealkylation sites (tertiary alicyclic amines) is 1. The van der Waals surface area contributed by atoms with Gasteiger partial charge in [-0.1, -0.05) is 17.4 Å². The molecule has 0 unspecified atom stereocenters. The number of halogens is 2. The Balaban J connectivity index is 1.01. The van der Waals surface area contributed by atoms with Gasteiger partial charge in [0.25, 0.3) is 0 Å². The zero-order valence-electron chi connectivity index (χ0n) is 22.0. The molecule has 3 N–H and O–H groups in total.